The molecule has 2 N–H and O–H groups in total. The van der Waals surface area contributed by atoms with Crippen molar-refractivity contribution in [2.45, 2.75) is 12.5 Å². The third-order valence-corrected chi connectivity index (χ3v) is 4.16. The van der Waals surface area contributed by atoms with Crippen molar-refractivity contribution in [3.63, 3.8) is 0 Å². The minimum Gasteiger partial charge on any atom is -0.480 e. The van der Waals surface area contributed by atoms with E-state index in [-0.39, 0.29) is 6.42 Å². The number of para-hydroxylation sites is 1. The zero-order valence-electron chi connectivity index (χ0n) is 15.7. The first-order valence-corrected chi connectivity index (χ1v) is 9.18. The largest absolute Gasteiger partial charge is 0.480 e. The summed E-state index contributed by atoms with van der Waals surface area (Å²) >= 11 is 0. The zero-order chi connectivity index (χ0) is 20.5. The van der Waals surface area contributed by atoms with Crippen LogP contribution in [0.3, 0.4) is 0 Å². The van der Waals surface area contributed by atoms with E-state index in [1.54, 1.807) is 12.1 Å². The van der Waals surface area contributed by atoms with Crippen molar-refractivity contribution in [3.05, 3.63) is 102 Å². The van der Waals surface area contributed by atoms with Crippen LogP contribution in [0.4, 0.5) is 0 Å². The molecule has 0 heterocycles. The van der Waals surface area contributed by atoms with Crippen molar-refractivity contribution < 1.29 is 19.4 Å². The summed E-state index contributed by atoms with van der Waals surface area (Å²) in [7, 11) is 0. The lowest BCUT2D eigenvalue weighted by Crippen LogP contribution is -2.41. The number of amides is 1. The number of carboxylic acid groups (broad SMARTS) is 1. The number of hydrogen-bond donors (Lipinski definition) is 2. The molecular weight excluding hydrogens is 366 g/mol. The second-order valence-corrected chi connectivity index (χ2v) is 6.41. The summed E-state index contributed by atoms with van der Waals surface area (Å²) in [6.07, 6.45) is 3.16. The van der Waals surface area contributed by atoms with Gasteiger partial charge in [-0.2, -0.15) is 0 Å². The highest BCUT2D eigenvalue weighted by atomic mass is 16.5. The van der Waals surface area contributed by atoms with Crippen molar-refractivity contribution in [1.29, 1.82) is 0 Å². The first-order valence-electron chi connectivity index (χ1n) is 9.18. The van der Waals surface area contributed by atoms with Crippen LogP contribution in [-0.2, 0) is 16.0 Å². The molecule has 0 fully saturated rings. The standard InChI is InChI=1S/C24H21NO4/c26-23(25-22(24(27)28)17-18-8-3-1-4-9-18)15-14-19-10-7-13-21(16-19)29-20-11-5-2-6-12-20/h1-16,22H,17H2,(H,25,26)(H,27,28)/b15-14+/t22-/m1/s1. The minimum atomic E-state index is -1.08. The van der Waals surface area contributed by atoms with E-state index < -0.39 is 17.9 Å². The third-order valence-electron chi connectivity index (χ3n) is 4.16. The van der Waals surface area contributed by atoms with E-state index in [1.165, 1.54) is 6.08 Å². The van der Waals surface area contributed by atoms with E-state index in [0.29, 0.717) is 5.75 Å². The number of aliphatic carboxylic acids is 1. The summed E-state index contributed by atoms with van der Waals surface area (Å²) in [4.78, 5) is 23.7. The van der Waals surface area contributed by atoms with Crippen molar-refractivity contribution in [1.82, 2.24) is 5.32 Å². The van der Waals surface area contributed by atoms with Crippen LogP contribution in [0.25, 0.3) is 6.08 Å². The van der Waals surface area contributed by atoms with Crippen LogP contribution in [-0.4, -0.2) is 23.0 Å². The molecular formula is C24H21NO4. The fraction of sp³-hybridized carbons (Fsp3) is 0.0833. The Kier molecular flexibility index (Phi) is 6.79. The fourth-order valence-corrected chi connectivity index (χ4v) is 2.75. The summed E-state index contributed by atoms with van der Waals surface area (Å²) < 4.78 is 5.78. The highest BCUT2D eigenvalue weighted by Gasteiger charge is 2.19. The lowest BCUT2D eigenvalue weighted by atomic mass is 10.1. The maximum atomic E-state index is 12.2. The summed E-state index contributed by atoms with van der Waals surface area (Å²) in [5.41, 5.74) is 1.61. The molecule has 5 nitrogen and oxygen atoms in total. The monoisotopic (exact) mass is 387 g/mol. The van der Waals surface area contributed by atoms with Crippen LogP contribution in [0, 0.1) is 0 Å². The Balaban J connectivity index is 1.62. The van der Waals surface area contributed by atoms with Crippen LogP contribution in [0.1, 0.15) is 11.1 Å². The highest BCUT2D eigenvalue weighted by molar-refractivity contribution is 5.94. The van der Waals surface area contributed by atoms with Crippen LogP contribution in [0.15, 0.2) is 91.0 Å². The van der Waals surface area contributed by atoms with E-state index in [4.69, 9.17) is 4.74 Å². The molecule has 0 aliphatic carbocycles. The van der Waals surface area contributed by atoms with E-state index in [0.717, 1.165) is 16.9 Å². The maximum Gasteiger partial charge on any atom is 0.326 e. The summed E-state index contributed by atoms with van der Waals surface area (Å²) in [5.74, 6) is -0.181. The first kappa shape index (κ1) is 19.9. The van der Waals surface area contributed by atoms with E-state index in [2.05, 4.69) is 5.32 Å². The molecule has 5 heteroatoms. The Morgan fingerprint density at radius 2 is 1.55 bits per heavy atom. The molecule has 0 aliphatic rings. The van der Waals surface area contributed by atoms with E-state index >= 15 is 0 Å². The van der Waals surface area contributed by atoms with Crippen molar-refractivity contribution in [2.75, 3.05) is 0 Å². The molecule has 0 radical (unpaired) electrons. The second kappa shape index (κ2) is 9.90. The SMILES string of the molecule is O=C(/C=C/c1cccc(Oc2ccccc2)c1)N[C@H](Cc1ccccc1)C(=O)O. The van der Waals surface area contributed by atoms with Crippen LogP contribution in [0.2, 0.25) is 0 Å². The third kappa shape index (κ3) is 6.36. The number of nitrogens with one attached hydrogen (secondary N) is 1. The molecule has 29 heavy (non-hydrogen) atoms. The smallest absolute Gasteiger partial charge is 0.326 e. The van der Waals surface area contributed by atoms with Gasteiger partial charge in [0, 0.05) is 12.5 Å². The number of hydrogen-bond acceptors (Lipinski definition) is 3. The number of carboxylic acids is 1. The van der Waals surface area contributed by atoms with Crippen LogP contribution < -0.4 is 10.1 Å². The molecule has 0 saturated carbocycles. The molecule has 0 unspecified atom stereocenters. The first-order chi connectivity index (χ1) is 14.1. The minimum absolute atomic E-state index is 0.218. The van der Waals surface area contributed by atoms with Gasteiger partial charge in [-0.15, -0.1) is 0 Å². The van der Waals surface area contributed by atoms with Crippen molar-refractivity contribution in [3.8, 4) is 11.5 Å². The predicted octanol–water partition coefficient (Wildman–Crippen LogP) is 4.30. The van der Waals surface area contributed by atoms with Gasteiger partial charge in [0.25, 0.3) is 0 Å². The molecule has 3 aromatic rings. The van der Waals surface area contributed by atoms with Gasteiger partial charge in [0.1, 0.15) is 17.5 Å². The van der Waals surface area contributed by atoms with Gasteiger partial charge in [-0.05, 0) is 41.5 Å². The van der Waals surface area contributed by atoms with Gasteiger partial charge >= 0.3 is 5.97 Å². The normalized spacial score (nSPS) is 11.7. The molecule has 0 bridgehead atoms. The van der Waals surface area contributed by atoms with Gasteiger partial charge in [0.15, 0.2) is 0 Å². The number of benzene rings is 3. The Labute approximate surface area is 169 Å². The predicted molar refractivity (Wildman–Crippen MR) is 112 cm³/mol. The zero-order valence-corrected chi connectivity index (χ0v) is 15.7. The molecule has 0 spiro atoms. The number of carbonyl (C=O) groups excluding carboxylic acids is 1. The Morgan fingerprint density at radius 3 is 2.24 bits per heavy atom. The van der Waals surface area contributed by atoms with Gasteiger partial charge in [0.05, 0.1) is 0 Å². The van der Waals surface area contributed by atoms with Crippen molar-refractivity contribution >= 4 is 18.0 Å². The van der Waals surface area contributed by atoms with Gasteiger partial charge in [0.2, 0.25) is 5.91 Å². The van der Waals surface area contributed by atoms with Gasteiger partial charge in [-0.1, -0.05) is 60.7 Å². The van der Waals surface area contributed by atoms with E-state index in [1.807, 2.05) is 78.9 Å². The number of ether oxygens (including phenoxy) is 1. The molecule has 146 valence electrons. The van der Waals surface area contributed by atoms with E-state index in [9.17, 15) is 14.7 Å². The van der Waals surface area contributed by atoms with Gasteiger partial charge in [-0.3, -0.25) is 4.79 Å². The summed E-state index contributed by atoms with van der Waals surface area (Å²) in [6.45, 7) is 0. The lowest BCUT2D eigenvalue weighted by molar-refractivity contribution is -0.141. The number of carbonyl (C=O) groups is 2. The molecule has 3 rings (SSSR count). The molecule has 1 atom stereocenters. The molecule has 3 aromatic carbocycles. The van der Waals surface area contributed by atoms with Gasteiger partial charge in [-0.25, -0.2) is 4.79 Å². The Morgan fingerprint density at radius 1 is 0.897 bits per heavy atom. The molecule has 0 aromatic heterocycles. The van der Waals surface area contributed by atoms with Gasteiger partial charge < -0.3 is 15.2 Å². The molecule has 0 saturated heterocycles. The maximum absolute atomic E-state index is 12.2. The average molecular weight is 387 g/mol. The lowest BCUT2D eigenvalue weighted by Gasteiger charge is -2.13. The topological polar surface area (TPSA) is 75.6 Å². The average Bonchev–Trinajstić information content (AvgIpc) is 2.73. The highest BCUT2D eigenvalue weighted by Crippen LogP contribution is 2.22. The quantitative estimate of drug-likeness (QED) is 0.565. The summed E-state index contributed by atoms with van der Waals surface area (Å²) in [5, 5.41) is 11.9. The van der Waals surface area contributed by atoms with Crippen LogP contribution in [0.5, 0.6) is 11.5 Å². The molecule has 1 amide bonds. The van der Waals surface area contributed by atoms with Crippen LogP contribution >= 0.6 is 0 Å². The second-order valence-electron chi connectivity index (χ2n) is 6.41. The molecule has 0 aliphatic heterocycles. The fourth-order valence-electron chi connectivity index (χ4n) is 2.75. The summed E-state index contributed by atoms with van der Waals surface area (Å²) in [6, 6.07) is 24.9. The van der Waals surface area contributed by atoms with Crippen molar-refractivity contribution in [2.24, 2.45) is 0 Å². The Hall–Kier alpha value is -3.86. The Bertz CT molecular complexity index is 984. The number of rotatable bonds is 8.